The van der Waals surface area contributed by atoms with Crippen LogP contribution in [0.4, 0.5) is 0 Å². The summed E-state index contributed by atoms with van der Waals surface area (Å²) in [5.41, 5.74) is 4.56. The Morgan fingerprint density at radius 3 is 2.35 bits per heavy atom. The number of aliphatic carboxylic acids is 1. The van der Waals surface area contributed by atoms with Crippen molar-refractivity contribution in [1.82, 2.24) is 0 Å². The van der Waals surface area contributed by atoms with Gasteiger partial charge in [0.25, 0.3) is 0 Å². The largest absolute Gasteiger partial charge is 0.479 e. The molecule has 188 valence electrons. The van der Waals surface area contributed by atoms with Gasteiger partial charge in [-0.3, -0.25) is 0 Å². The molecule has 5 atom stereocenters. The predicted molar refractivity (Wildman–Crippen MR) is 127 cm³/mol. The average molecular weight is 477 g/mol. The van der Waals surface area contributed by atoms with Gasteiger partial charge in [0.1, 0.15) is 18.3 Å². The van der Waals surface area contributed by atoms with E-state index in [0.717, 1.165) is 18.1 Å². The topological polar surface area (TPSA) is 134 Å². The van der Waals surface area contributed by atoms with Crippen molar-refractivity contribution in [2.24, 2.45) is 5.41 Å². The zero-order valence-electron chi connectivity index (χ0n) is 20.4. The summed E-state index contributed by atoms with van der Waals surface area (Å²) in [6.07, 6.45) is 5.29. The predicted octanol–water partition coefficient (Wildman–Crippen LogP) is 2.95. The number of aliphatic hydroxyl groups excluding tert-OH is 3. The molecule has 8 heteroatoms. The lowest BCUT2D eigenvalue weighted by atomic mass is 9.72. The monoisotopic (exact) mass is 476 g/mol. The van der Waals surface area contributed by atoms with Gasteiger partial charge in [-0.05, 0) is 56.6 Å². The van der Waals surface area contributed by atoms with Crippen LogP contribution in [-0.4, -0.2) is 63.1 Å². The second kappa shape index (κ2) is 11.8. The van der Waals surface area contributed by atoms with Crippen LogP contribution in [0.3, 0.4) is 0 Å². The van der Waals surface area contributed by atoms with E-state index in [2.05, 4.69) is 32.9 Å². The van der Waals surface area contributed by atoms with Gasteiger partial charge in [0.2, 0.25) is 6.29 Å². The van der Waals surface area contributed by atoms with E-state index in [-0.39, 0.29) is 5.41 Å². The highest BCUT2D eigenvalue weighted by Gasteiger charge is 2.48. The van der Waals surface area contributed by atoms with Crippen LogP contribution in [0.2, 0.25) is 0 Å². The highest BCUT2D eigenvalue weighted by atomic mass is 16.7. The van der Waals surface area contributed by atoms with Gasteiger partial charge >= 0.3 is 11.9 Å². The second-order valence-electron chi connectivity index (χ2n) is 9.59. The fourth-order valence-corrected chi connectivity index (χ4v) is 4.16. The third-order valence-electron chi connectivity index (χ3n) is 6.16. The molecule has 2 rings (SSSR count). The molecule has 0 radical (unpaired) electrons. The molecule has 0 aromatic heterocycles. The fraction of sp³-hybridized carbons (Fsp3) is 0.538. The van der Waals surface area contributed by atoms with Crippen LogP contribution in [0.1, 0.15) is 53.9 Å². The zero-order chi connectivity index (χ0) is 25.6. The minimum atomic E-state index is -1.85. The maximum absolute atomic E-state index is 12.2. The highest BCUT2D eigenvalue weighted by molar-refractivity contribution is 5.83. The maximum Gasteiger partial charge on any atom is 0.335 e. The third-order valence-corrected chi connectivity index (χ3v) is 6.16. The molecular weight excluding hydrogens is 440 g/mol. The molecule has 1 aliphatic carbocycles. The van der Waals surface area contributed by atoms with E-state index < -0.39 is 42.6 Å². The van der Waals surface area contributed by atoms with Crippen LogP contribution in [0.5, 0.6) is 0 Å². The van der Waals surface area contributed by atoms with Crippen molar-refractivity contribution in [2.45, 2.75) is 84.6 Å². The summed E-state index contributed by atoms with van der Waals surface area (Å²) in [6, 6.07) is 0. The summed E-state index contributed by atoms with van der Waals surface area (Å²) in [4.78, 5) is 23.3. The van der Waals surface area contributed by atoms with E-state index in [1.54, 1.807) is 19.1 Å². The number of hydrogen-bond donors (Lipinski definition) is 4. The Balaban J connectivity index is 1.98. The number of aliphatic hydroxyl groups is 3. The Morgan fingerprint density at radius 1 is 1.06 bits per heavy atom. The van der Waals surface area contributed by atoms with Crippen molar-refractivity contribution in [3.63, 3.8) is 0 Å². The first kappa shape index (κ1) is 27.7. The number of carbonyl (C=O) groups excluding carboxylic acids is 1. The second-order valence-corrected chi connectivity index (χ2v) is 9.59. The molecular formula is C26H36O8. The smallest absolute Gasteiger partial charge is 0.335 e. The summed E-state index contributed by atoms with van der Waals surface area (Å²) in [7, 11) is 0. The molecule has 0 aromatic carbocycles. The lowest BCUT2D eigenvalue weighted by molar-refractivity contribution is -0.284. The molecule has 2 aliphatic rings. The SMILES string of the molecule is CC1=C(/C=C/C(C)=C/C=C/C(C)=C\C(=O)O[C@H]2O[C@@H](C(=O)O)[C@@H](O)[C@@H](O)[C@H]2O)C(C)(C)CCC1. The lowest BCUT2D eigenvalue weighted by Gasteiger charge is -2.37. The number of carboxylic acid groups (broad SMARTS) is 1. The van der Waals surface area contributed by atoms with Gasteiger partial charge in [0.15, 0.2) is 6.10 Å². The fourth-order valence-electron chi connectivity index (χ4n) is 4.16. The average Bonchev–Trinajstić information content (AvgIpc) is 2.73. The van der Waals surface area contributed by atoms with Crippen molar-refractivity contribution in [3.8, 4) is 0 Å². The summed E-state index contributed by atoms with van der Waals surface area (Å²) in [6.45, 7) is 10.4. The molecule has 1 saturated heterocycles. The minimum absolute atomic E-state index is 0.170. The van der Waals surface area contributed by atoms with E-state index in [1.165, 1.54) is 24.0 Å². The van der Waals surface area contributed by atoms with E-state index in [1.807, 2.05) is 13.0 Å². The van der Waals surface area contributed by atoms with E-state index in [0.29, 0.717) is 5.57 Å². The summed E-state index contributed by atoms with van der Waals surface area (Å²) in [5.74, 6) is -2.44. The molecule has 0 amide bonds. The van der Waals surface area contributed by atoms with Crippen LogP contribution < -0.4 is 0 Å². The number of hydrogen-bond acceptors (Lipinski definition) is 7. The summed E-state index contributed by atoms with van der Waals surface area (Å²) >= 11 is 0. The van der Waals surface area contributed by atoms with Crippen molar-refractivity contribution in [3.05, 3.63) is 58.7 Å². The Kier molecular flexibility index (Phi) is 9.58. The Morgan fingerprint density at radius 2 is 1.74 bits per heavy atom. The van der Waals surface area contributed by atoms with Crippen molar-refractivity contribution in [2.75, 3.05) is 0 Å². The number of esters is 1. The molecule has 0 bridgehead atoms. The molecule has 0 aromatic rings. The Hall–Kier alpha value is -2.52. The van der Waals surface area contributed by atoms with Gasteiger partial charge in [0.05, 0.1) is 0 Å². The van der Waals surface area contributed by atoms with Crippen molar-refractivity contribution < 1.29 is 39.5 Å². The number of allylic oxidation sites excluding steroid dienone is 9. The first-order valence-electron chi connectivity index (χ1n) is 11.4. The van der Waals surface area contributed by atoms with Crippen LogP contribution >= 0.6 is 0 Å². The van der Waals surface area contributed by atoms with Crippen LogP contribution in [-0.2, 0) is 19.1 Å². The molecule has 1 fully saturated rings. The molecule has 0 saturated carbocycles. The number of rotatable bonds is 7. The van der Waals surface area contributed by atoms with E-state index in [9.17, 15) is 24.9 Å². The summed E-state index contributed by atoms with van der Waals surface area (Å²) < 4.78 is 9.88. The molecule has 4 N–H and O–H groups in total. The first-order valence-corrected chi connectivity index (χ1v) is 11.4. The van der Waals surface area contributed by atoms with E-state index in [4.69, 9.17) is 14.6 Å². The Bertz CT molecular complexity index is 921. The molecule has 8 nitrogen and oxygen atoms in total. The minimum Gasteiger partial charge on any atom is -0.479 e. The van der Waals surface area contributed by atoms with Gasteiger partial charge in [-0.2, -0.15) is 0 Å². The van der Waals surface area contributed by atoms with Gasteiger partial charge in [-0.15, -0.1) is 0 Å². The quantitative estimate of drug-likeness (QED) is 0.250. The molecule has 0 spiro atoms. The molecule has 34 heavy (non-hydrogen) atoms. The highest BCUT2D eigenvalue weighted by Crippen LogP contribution is 2.40. The number of ether oxygens (including phenoxy) is 2. The first-order chi connectivity index (χ1) is 15.8. The van der Waals surface area contributed by atoms with Crippen LogP contribution in [0, 0.1) is 5.41 Å². The lowest BCUT2D eigenvalue weighted by Crippen LogP contribution is -2.60. The number of carbonyl (C=O) groups is 2. The third kappa shape index (κ3) is 7.24. The maximum atomic E-state index is 12.2. The number of carboxylic acids is 1. The molecule has 1 heterocycles. The van der Waals surface area contributed by atoms with Gasteiger partial charge in [0, 0.05) is 6.08 Å². The normalized spacial score (nSPS) is 30.8. The van der Waals surface area contributed by atoms with Crippen LogP contribution in [0.15, 0.2) is 58.7 Å². The standard InChI is InChI=1S/C26H36O8/c1-15(11-12-18-17(3)10-7-13-26(18,4)5)8-6-9-16(2)14-19(27)33-25-22(30)20(28)21(29)23(34-25)24(31)32/h6,8-9,11-12,14,20-23,25,28-30H,7,10,13H2,1-5H3,(H,31,32)/b9-6+,12-11+,15-8+,16-14-/t20-,21+,22-,23-,25+/m1/s1. The van der Waals surface area contributed by atoms with Gasteiger partial charge in [-0.1, -0.05) is 55.4 Å². The van der Waals surface area contributed by atoms with E-state index >= 15 is 0 Å². The van der Waals surface area contributed by atoms with Gasteiger partial charge < -0.3 is 29.9 Å². The zero-order valence-corrected chi connectivity index (χ0v) is 20.4. The van der Waals surface area contributed by atoms with Gasteiger partial charge in [-0.25, -0.2) is 9.59 Å². The van der Waals surface area contributed by atoms with Crippen molar-refractivity contribution >= 4 is 11.9 Å². The molecule has 1 aliphatic heterocycles. The van der Waals surface area contributed by atoms with Crippen molar-refractivity contribution in [1.29, 1.82) is 0 Å². The van der Waals surface area contributed by atoms with Crippen LogP contribution in [0.25, 0.3) is 0 Å². The molecule has 0 unspecified atom stereocenters. The Labute approximate surface area is 200 Å². The summed E-state index contributed by atoms with van der Waals surface area (Å²) in [5, 5.41) is 38.5.